The molecule has 1 fully saturated rings. The van der Waals surface area contributed by atoms with E-state index < -0.39 is 0 Å². The number of piperidine rings is 1. The van der Waals surface area contributed by atoms with Crippen LogP contribution in [-0.2, 0) is 11.2 Å². The molecule has 4 heteroatoms. The highest BCUT2D eigenvalue weighted by molar-refractivity contribution is 5.83. The van der Waals surface area contributed by atoms with Gasteiger partial charge in [0.1, 0.15) is 0 Å². The molecule has 1 aromatic rings. The molecule has 0 radical (unpaired) electrons. The standard InChI is InChI=1S/C17H25N3O/c1-13-6-2-3-11-20(13)17(21)12-19-10-5-7-14-15(18)8-4-9-16(14)19/h4,8-9,13H,2-3,5-7,10-12,18H2,1H3. The van der Waals surface area contributed by atoms with Crippen LogP contribution in [0.4, 0.5) is 11.4 Å². The fourth-order valence-corrected chi connectivity index (χ4v) is 3.61. The maximum atomic E-state index is 12.6. The number of anilines is 2. The lowest BCUT2D eigenvalue weighted by Gasteiger charge is -2.37. The minimum Gasteiger partial charge on any atom is -0.398 e. The molecule has 21 heavy (non-hydrogen) atoms. The van der Waals surface area contributed by atoms with E-state index in [0.717, 1.165) is 50.1 Å². The summed E-state index contributed by atoms with van der Waals surface area (Å²) in [6.07, 6.45) is 5.61. The van der Waals surface area contributed by atoms with Crippen LogP contribution in [0.2, 0.25) is 0 Å². The Bertz CT molecular complexity index is 529. The lowest BCUT2D eigenvalue weighted by atomic mass is 9.99. The molecule has 3 rings (SSSR count). The number of hydrogen-bond acceptors (Lipinski definition) is 3. The first-order chi connectivity index (χ1) is 10.2. The third kappa shape index (κ3) is 2.85. The third-order valence-corrected chi connectivity index (χ3v) is 4.83. The summed E-state index contributed by atoms with van der Waals surface area (Å²) in [6, 6.07) is 6.42. The number of nitrogens with zero attached hydrogens (tertiary/aromatic N) is 2. The number of nitrogen functional groups attached to an aromatic ring is 1. The molecule has 0 spiro atoms. The maximum Gasteiger partial charge on any atom is 0.242 e. The molecule has 2 N–H and O–H groups in total. The van der Waals surface area contributed by atoms with Gasteiger partial charge in [-0.15, -0.1) is 0 Å². The number of benzene rings is 1. The van der Waals surface area contributed by atoms with E-state index in [9.17, 15) is 4.79 Å². The van der Waals surface area contributed by atoms with E-state index >= 15 is 0 Å². The van der Waals surface area contributed by atoms with Gasteiger partial charge in [-0.2, -0.15) is 0 Å². The number of fused-ring (bicyclic) bond motifs is 1. The first-order valence-electron chi connectivity index (χ1n) is 8.08. The van der Waals surface area contributed by atoms with Gasteiger partial charge in [0.05, 0.1) is 6.54 Å². The first kappa shape index (κ1) is 14.2. The van der Waals surface area contributed by atoms with Crippen molar-refractivity contribution in [2.45, 2.75) is 45.1 Å². The molecule has 1 saturated heterocycles. The summed E-state index contributed by atoms with van der Waals surface area (Å²) >= 11 is 0. The minimum absolute atomic E-state index is 0.262. The van der Waals surface area contributed by atoms with Gasteiger partial charge in [0.2, 0.25) is 5.91 Å². The van der Waals surface area contributed by atoms with Gasteiger partial charge in [-0.05, 0) is 56.7 Å². The highest BCUT2D eigenvalue weighted by atomic mass is 16.2. The van der Waals surface area contributed by atoms with Crippen LogP contribution >= 0.6 is 0 Å². The van der Waals surface area contributed by atoms with Gasteiger partial charge in [-0.3, -0.25) is 4.79 Å². The lowest BCUT2D eigenvalue weighted by molar-refractivity contribution is -0.132. The summed E-state index contributed by atoms with van der Waals surface area (Å²) in [6.45, 7) is 4.52. The Morgan fingerprint density at radius 2 is 2.14 bits per heavy atom. The Morgan fingerprint density at radius 3 is 2.95 bits per heavy atom. The minimum atomic E-state index is 0.262. The Labute approximate surface area is 126 Å². The van der Waals surface area contributed by atoms with E-state index in [0.29, 0.717) is 12.6 Å². The van der Waals surface area contributed by atoms with Crippen LogP contribution in [0.5, 0.6) is 0 Å². The molecule has 0 bridgehead atoms. The molecule has 2 aliphatic rings. The number of nitrogens with two attached hydrogens (primary N) is 1. The second kappa shape index (κ2) is 5.96. The molecule has 1 atom stereocenters. The van der Waals surface area contributed by atoms with Crippen LogP contribution in [0.3, 0.4) is 0 Å². The number of amides is 1. The zero-order valence-corrected chi connectivity index (χ0v) is 12.8. The molecule has 2 heterocycles. The molecule has 114 valence electrons. The monoisotopic (exact) mass is 287 g/mol. The number of carbonyl (C=O) groups excluding carboxylic acids is 1. The Balaban J connectivity index is 1.74. The SMILES string of the molecule is CC1CCCCN1C(=O)CN1CCCc2c(N)cccc21. The van der Waals surface area contributed by atoms with Crippen molar-refractivity contribution in [2.75, 3.05) is 30.3 Å². The van der Waals surface area contributed by atoms with Crippen LogP contribution < -0.4 is 10.6 Å². The van der Waals surface area contributed by atoms with Gasteiger partial charge < -0.3 is 15.5 Å². The molecular weight excluding hydrogens is 262 g/mol. The van der Waals surface area contributed by atoms with Crippen molar-refractivity contribution >= 4 is 17.3 Å². The predicted molar refractivity (Wildman–Crippen MR) is 86.4 cm³/mol. The quantitative estimate of drug-likeness (QED) is 0.850. The van der Waals surface area contributed by atoms with E-state index in [-0.39, 0.29) is 5.91 Å². The van der Waals surface area contributed by atoms with Crippen molar-refractivity contribution in [1.82, 2.24) is 4.90 Å². The van der Waals surface area contributed by atoms with Gasteiger partial charge in [0, 0.05) is 30.5 Å². The largest absolute Gasteiger partial charge is 0.398 e. The van der Waals surface area contributed by atoms with Crippen molar-refractivity contribution in [2.24, 2.45) is 0 Å². The Hall–Kier alpha value is -1.71. The van der Waals surface area contributed by atoms with E-state index in [4.69, 9.17) is 5.73 Å². The van der Waals surface area contributed by atoms with Gasteiger partial charge >= 0.3 is 0 Å². The number of rotatable bonds is 2. The van der Waals surface area contributed by atoms with Crippen molar-refractivity contribution in [3.63, 3.8) is 0 Å². The first-order valence-corrected chi connectivity index (χ1v) is 8.08. The van der Waals surface area contributed by atoms with Crippen molar-refractivity contribution < 1.29 is 4.79 Å². The summed E-state index contributed by atoms with van der Waals surface area (Å²) in [5.74, 6) is 0.262. The molecule has 1 aromatic carbocycles. The topological polar surface area (TPSA) is 49.6 Å². The summed E-state index contributed by atoms with van der Waals surface area (Å²) in [7, 11) is 0. The average molecular weight is 287 g/mol. The fourth-order valence-electron chi connectivity index (χ4n) is 3.61. The number of hydrogen-bond donors (Lipinski definition) is 1. The average Bonchev–Trinajstić information content (AvgIpc) is 2.49. The van der Waals surface area contributed by atoms with Crippen LogP contribution in [-0.4, -0.2) is 36.5 Å². The maximum absolute atomic E-state index is 12.6. The van der Waals surface area contributed by atoms with Crippen molar-refractivity contribution in [3.8, 4) is 0 Å². The smallest absolute Gasteiger partial charge is 0.242 e. The molecule has 2 aliphatic heterocycles. The van der Waals surface area contributed by atoms with E-state index in [1.165, 1.54) is 12.0 Å². The molecule has 4 nitrogen and oxygen atoms in total. The van der Waals surface area contributed by atoms with Crippen molar-refractivity contribution in [3.05, 3.63) is 23.8 Å². The van der Waals surface area contributed by atoms with Gasteiger partial charge in [-0.1, -0.05) is 6.07 Å². The number of carbonyl (C=O) groups is 1. The molecule has 1 amide bonds. The zero-order valence-electron chi connectivity index (χ0n) is 12.8. The van der Waals surface area contributed by atoms with Crippen LogP contribution in [0.25, 0.3) is 0 Å². The number of likely N-dealkylation sites (tertiary alicyclic amines) is 1. The predicted octanol–water partition coefficient (Wildman–Crippen LogP) is 2.42. The zero-order chi connectivity index (χ0) is 14.8. The van der Waals surface area contributed by atoms with Gasteiger partial charge in [0.25, 0.3) is 0 Å². The van der Waals surface area contributed by atoms with Gasteiger partial charge in [-0.25, -0.2) is 0 Å². The normalized spacial score (nSPS) is 22.0. The summed E-state index contributed by atoms with van der Waals surface area (Å²) < 4.78 is 0. The summed E-state index contributed by atoms with van der Waals surface area (Å²) in [4.78, 5) is 16.9. The second-order valence-corrected chi connectivity index (χ2v) is 6.30. The fraction of sp³-hybridized carbons (Fsp3) is 0.588. The van der Waals surface area contributed by atoms with Crippen molar-refractivity contribution in [1.29, 1.82) is 0 Å². The molecule has 1 unspecified atom stereocenters. The lowest BCUT2D eigenvalue weighted by Crippen LogP contribution is -2.47. The van der Waals surface area contributed by atoms with Crippen LogP contribution in [0.15, 0.2) is 18.2 Å². The van der Waals surface area contributed by atoms with Crippen LogP contribution in [0.1, 0.15) is 38.2 Å². The van der Waals surface area contributed by atoms with Crippen LogP contribution in [0, 0.1) is 0 Å². The van der Waals surface area contributed by atoms with Gasteiger partial charge in [0.15, 0.2) is 0 Å². The molecular formula is C17H25N3O. The molecule has 0 aromatic heterocycles. The Morgan fingerprint density at radius 1 is 1.29 bits per heavy atom. The second-order valence-electron chi connectivity index (χ2n) is 6.30. The summed E-state index contributed by atoms with van der Waals surface area (Å²) in [5, 5.41) is 0. The third-order valence-electron chi connectivity index (χ3n) is 4.83. The van der Waals surface area contributed by atoms with E-state index in [1.807, 2.05) is 12.1 Å². The molecule has 0 saturated carbocycles. The van der Waals surface area contributed by atoms with E-state index in [1.54, 1.807) is 0 Å². The summed E-state index contributed by atoms with van der Waals surface area (Å²) in [5.41, 5.74) is 9.30. The van der Waals surface area contributed by atoms with E-state index in [2.05, 4.69) is 22.8 Å². The Kier molecular flexibility index (Phi) is 4.04. The highest BCUT2D eigenvalue weighted by Gasteiger charge is 2.26. The molecule has 0 aliphatic carbocycles. The highest BCUT2D eigenvalue weighted by Crippen LogP contribution is 2.31.